The zero-order valence-corrected chi connectivity index (χ0v) is 12.5. The third-order valence-electron chi connectivity index (χ3n) is 2.88. The summed E-state index contributed by atoms with van der Waals surface area (Å²) in [5.74, 6) is 0.663. The summed E-state index contributed by atoms with van der Waals surface area (Å²) in [5, 5.41) is 11.0. The standard InChI is InChI=1S/C16H20N2OS/c1-18(11-14-7-3-2-4-8-14)12-15(19)13-20-16-9-5-6-10-17-16/h2-10,15,19H,11-13H2,1H3/t15-/m0/s1. The molecule has 1 aromatic heterocycles. The predicted molar refractivity (Wildman–Crippen MR) is 83.7 cm³/mol. The molecule has 1 aromatic carbocycles. The van der Waals surface area contributed by atoms with Crippen molar-refractivity contribution < 1.29 is 5.11 Å². The molecular formula is C16H20N2OS. The molecule has 0 aliphatic rings. The van der Waals surface area contributed by atoms with Crippen LogP contribution in [-0.2, 0) is 6.54 Å². The molecule has 2 aromatic rings. The first-order valence-electron chi connectivity index (χ1n) is 6.68. The van der Waals surface area contributed by atoms with E-state index in [1.165, 1.54) is 5.56 Å². The van der Waals surface area contributed by atoms with Crippen LogP contribution in [0.2, 0.25) is 0 Å². The van der Waals surface area contributed by atoms with Gasteiger partial charge in [0.2, 0.25) is 0 Å². The van der Waals surface area contributed by atoms with Gasteiger partial charge in [-0.3, -0.25) is 4.90 Å². The van der Waals surface area contributed by atoms with E-state index in [2.05, 4.69) is 22.0 Å². The maximum atomic E-state index is 10.1. The first-order chi connectivity index (χ1) is 9.74. The fraction of sp³-hybridized carbons (Fsp3) is 0.312. The number of likely N-dealkylation sites (N-methyl/N-ethyl adjacent to an activating group) is 1. The van der Waals surface area contributed by atoms with Crippen LogP contribution in [0, 0.1) is 0 Å². The van der Waals surface area contributed by atoms with Crippen molar-refractivity contribution in [2.45, 2.75) is 17.7 Å². The van der Waals surface area contributed by atoms with E-state index in [0.717, 1.165) is 11.6 Å². The lowest BCUT2D eigenvalue weighted by atomic mass is 10.2. The first-order valence-corrected chi connectivity index (χ1v) is 7.67. The summed E-state index contributed by atoms with van der Waals surface area (Å²) in [7, 11) is 2.03. The van der Waals surface area contributed by atoms with Gasteiger partial charge in [-0.1, -0.05) is 36.4 Å². The summed E-state index contributed by atoms with van der Waals surface area (Å²) in [6.07, 6.45) is 1.42. The van der Waals surface area contributed by atoms with Crippen LogP contribution in [0.25, 0.3) is 0 Å². The lowest BCUT2D eigenvalue weighted by molar-refractivity contribution is 0.142. The van der Waals surface area contributed by atoms with E-state index in [4.69, 9.17) is 0 Å². The van der Waals surface area contributed by atoms with Crippen LogP contribution >= 0.6 is 11.8 Å². The molecule has 1 heterocycles. The largest absolute Gasteiger partial charge is 0.391 e. The van der Waals surface area contributed by atoms with Crippen molar-refractivity contribution in [3.05, 3.63) is 60.3 Å². The van der Waals surface area contributed by atoms with Crippen LogP contribution in [-0.4, -0.2) is 40.4 Å². The number of hydrogen-bond acceptors (Lipinski definition) is 4. The fourth-order valence-electron chi connectivity index (χ4n) is 1.99. The Morgan fingerprint density at radius 2 is 1.90 bits per heavy atom. The van der Waals surface area contributed by atoms with Crippen LogP contribution in [0.5, 0.6) is 0 Å². The summed E-state index contributed by atoms with van der Waals surface area (Å²) >= 11 is 1.59. The molecule has 0 fully saturated rings. The summed E-state index contributed by atoms with van der Waals surface area (Å²) in [6.45, 7) is 1.51. The summed E-state index contributed by atoms with van der Waals surface area (Å²) in [4.78, 5) is 6.37. The summed E-state index contributed by atoms with van der Waals surface area (Å²) < 4.78 is 0. The highest BCUT2D eigenvalue weighted by molar-refractivity contribution is 7.99. The SMILES string of the molecule is CN(Cc1ccccc1)C[C@H](O)CSc1ccccn1. The maximum absolute atomic E-state index is 10.1. The van der Waals surface area contributed by atoms with Gasteiger partial charge in [0.25, 0.3) is 0 Å². The minimum absolute atomic E-state index is 0.351. The van der Waals surface area contributed by atoms with Gasteiger partial charge in [0.15, 0.2) is 0 Å². The smallest absolute Gasteiger partial charge is 0.0960 e. The van der Waals surface area contributed by atoms with Crippen LogP contribution in [0.15, 0.2) is 59.8 Å². The van der Waals surface area contributed by atoms with Gasteiger partial charge >= 0.3 is 0 Å². The van der Waals surface area contributed by atoms with E-state index >= 15 is 0 Å². The number of nitrogens with zero attached hydrogens (tertiary/aromatic N) is 2. The number of aliphatic hydroxyl groups is 1. The number of hydrogen-bond donors (Lipinski definition) is 1. The second kappa shape index (κ2) is 8.04. The number of benzene rings is 1. The number of rotatable bonds is 7. The van der Waals surface area contributed by atoms with Crippen LogP contribution in [0.1, 0.15) is 5.56 Å². The lowest BCUT2D eigenvalue weighted by Crippen LogP contribution is -2.30. The topological polar surface area (TPSA) is 36.4 Å². The van der Waals surface area contributed by atoms with E-state index < -0.39 is 0 Å². The number of thioether (sulfide) groups is 1. The Labute approximate surface area is 124 Å². The second-order valence-corrected chi connectivity index (χ2v) is 5.86. The number of aliphatic hydroxyl groups excluding tert-OH is 1. The molecule has 2 rings (SSSR count). The lowest BCUT2D eigenvalue weighted by Gasteiger charge is -2.20. The van der Waals surface area contributed by atoms with Crippen molar-refractivity contribution in [3.8, 4) is 0 Å². The van der Waals surface area contributed by atoms with Crippen LogP contribution < -0.4 is 0 Å². The number of aromatic nitrogens is 1. The van der Waals surface area contributed by atoms with Gasteiger partial charge in [0, 0.05) is 25.0 Å². The van der Waals surface area contributed by atoms with Crippen molar-refractivity contribution in [2.24, 2.45) is 0 Å². The van der Waals surface area contributed by atoms with Crippen molar-refractivity contribution in [2.75, 3.05) is 19.3 Å². The normalized spacial score (nSPS) is 12.6. The average molecular weight is 288 g/mol. The van der Waals surface area contributed by atoms with Crippen molar-refractivity contribution >= 4 is 11.8 Å². The Morgan fingerprint density at radius 1 is 1.15 bits per heavy atom. The highest BCUT2D eigenvalue weighted by Crippen LogP contribution is 2.15. The first kappa shape index (κ1) is 15.0. The molecule has 0 aliphatic carbocycles. The molecule has 3 nitrogen and oxygen atoms in total. The van der Waals surface area contributed by atoms with Gasteiger partial charge in [-0.15, -0.1) is 11.8 Å². The molecule has 20 heavy (non-hydrogen) atoms. The summed E-state index contributed by atoms with van der Waals surface area (Å²) in [5.41, 5.74) is 1.26. The molecule has 4 heteroatoms. The van der Waals surface area contributed by atoms with E-state index in [-0.39, 0.29) is 6.10 Å². The second-order valence-electron chi connectivity index (χ2n) is 4.82. The Balaban J connectivity index is 1.72. The minimum Gasteiger partial charge on any atom is -0.391 e. The van der Waals surface area contributed by atoms with Gasteiger partial charge in [0.05, 0.1) is 11.1 Å². The zero-order valence-electron chi connectivity index (χ0n) is 11.6. The van der Waals surface area contributed by atoms with Crippen molar-refractivity contribution in [1.82, 2.24) is 9.88 Å². The maximum Gasteiger partial charge on any atom is 0.0960 e. The number of pyridine rings is 1. The van der Waals surface area contributed by atoms with Crippen molar-refractivity contribution in [1.29, 1.82) is 0 Å². The average Bonchev–Trinajstić information content (AvgIpc) is 2.47. The highest BCUT2D eigenvalue weighted by Gasteiger charge is 2.09. The molecular weight excluding hydrogens is 268 g/mol. The third kappa shape index (κ3) is 5.33. The Bertz CT molecular complexity index is 492. The van der Waals surface area contributed by atoms with E-state index in [1.54, 1.807) is 18.0 Å². The molecule has 0 saturated heterocycles. The Morgan fingerprint density at radius 3 is 2.60 bits per heavy atom. The fourth-order valence-corrected chi connectivity index (χ4v) is 2.76. The predicted octanol–water partition coefficient (Wildman–Crippen LogP) is 2.67. The third-order valence-corrected chi connectivity index (χ3v) is 3.97. The molecule has 0 radical (unpaired) electrons. The molecule has 1 N–H and O–H groups in total. The Hall–Kier alpha value is -1.36. The molecule has 1 atom stereocenters. The molecule has 0 saturated carbocycles. The zero-order chi connectivity index (χ0) is 14.2. The molecule has 0 spiro atoms. The monoisotopic (exact) mass is 288 g/mol. The van der Waals surface area contributed by atoms with E-state index in [0.29, 0.717) is 12.3 Å². The van der Waals surface area contributed by atoms with Crippen LogP contribution in [0.4, 0.5) is 0 Å². The highest BCUT2D eigenvalue weighted by atomic mass is 32.2. The quantitative estimate of drug-likeness (QED) is 0.795. The Kier molecular flexibility index (Phi) is 6.05. The van der Waals surface area contributed by atoms with Crippen LogP contribution in [0.3, 0.4) is 0 Å². The van der Waals surface area contributed by atoms with Crippen molar-refractivity contribution in [3.63, 3.8) is 0 Å². The molecule has 106 valence electrons. The van der Waals surface area contributed by atoms with Gasteiger partial charge < -0.3 is 5.11 Å². The molecule has 0 bridgehead atoms. The minimum atomic E-state index is -0.351. The van der Waals surface area contributed by atoms with Gasteiger partial charge in [-0.2, -0.15) is 0 Å². The van der Waals surface area contributed by atoms with Gasteiger partial charge in [-0.25, -0.2) is 4.98 Å². The molecule has 0 aliphatic heterocycles. The summed E-state index contributed by atoms with van der Waals surface area (Å²) in [6, 6.07) is 16.1. The molecule has 0 amide bonds. The van der Waals surface area contributed by atoms with Gasteiger partial charge in [-0.05, 0) is 24.7 Å². The van der Waals surface area contributed by atoms with E-state index in [9.17, 15) is 5.11 Å². The molecule has 0 unspecified atom stereocenters. The van der Waals surface area contributed by atoms with E-state index in [1.807, 2.05) is 43.4 Å². The van der Waals surface area contributed by atoms with Gasteiger partial charge in [0.1, 0.15) is 0 Å².